The van der Waals surface area contributed by atoms with Crippen molar-refractivity contribution in [1.82, 2.24) is 0 Å². The molecule has 0 saturated carbocycles. The Balaban J connectivity index is 2.25. The van der Waals surface area contributed by atoms with Gasteiger partial charge in [0.05, 0.1) is 0 Å². The first kappa shape index (κ1) is 17.2. The van der Waals surface area contributed by atoms with E-state index in [0.717, 1.165) is 24.5 Å². The molecule has 1 nitrogen and oxygen atoms in total. The van der Waals surface area contributed by atoms with E-state index in [1.54, 1.807) is 12.1 Å². The van der Waals surface area contributed by atoms with E-state index in [-0.39, 0.29) is 5.56 Å². The van der Waals surface area contributed by atoms with E-state index in [9.17, 15) is 22.0 Å². The summed E-state index contributed by atoms with van der Waals surface area (Å²) in [4.78, 5) is 0. The lowest BCUT2D eigenvalue weighted by atomic mass is 10.0. The van der Waals surface area contributed by atoms with Crippen molar-refractivity contribution in [2.75, 3.05) is 6.61 Å². The number of hydrogen-bond donors (Lipinski definition) is 0. The van der Waals surface area contributed by atoms with Crippen molar-refractivity contribution in [3.8, 4) is 16.9 Å². The van der Waals surface area contributed by atoms with E-state index < -0.39 is 30.2 Å². The third kappa shape index (κ3) is 4.43. The Labute approximate surface area is 130 Å². The summed E-state index contributed by atoms with van der Waals surface area (Å²) in [5.41, 5.74) is 1.50. The minimum absolute atomic E-state index is 0.0232. The van der Waals surface area contributed by atoms with Gasteiger partial charge in [-0.25, -0.2) is 4.39 Å². The Morgan fingerprint density at radius 3 is 2.13 bits per heavy atom. The van der Waals surface area contributed by atoms with Crippen LogP contribution in [0.15, 0.2) is 36.4 Å². The number of rotatable bonds is 5. The average molecular weight is 330 g/mol. The van der Waals surface area contributed by atoms with Crippen molar-refractivity contribution in [2.45, 2.75) is 25.9 Å². The van der Waals surface area contributed by atoms with E-state index in [0.29, 0.717) is 5.56 Å². The Morgan fingerprint density at radius 2 is 1.57 bits per heavy atom. The molecule has 6 heteroatoms. The lowest BCUT2D eigenvalue weighted by Crippen LogP contribution is -2.19. The van der Waals surface area contributed by atoms with Crippen LogP contribution in [0.3, 0.4) is 0 Å². The molecule has 0 unspecified atom stereocenters. The smallest absolute Gasteiger partial charge is 0.422 e. The van der Waals surface area contributed by atoms with Crippen molar-refractivity contribution in [3.63, 3.8) is 0 Å². The Morgan fingerprint density at radius 1 is 0.913 bits per heavy atom. The standard InChI is InChI=1S/C17H15F5O/c1-2-3-11-4-6-12(7-5-11)13-8-9-14(16(19)15(13)18)23-10-17(20,21)22/h4-9H,2-3,10H2,1H3. The highest BCUT2D eigenvalue weighted by Crippen LogP contribution is 2.31. The molecule has 2 aromatic carbocycles. The van der Waals surface area contributed by atoms with Crippen LogP contribution in [0.4, 0.5) is 22.0 Å². The maximum Gasteiger partial charge on any atom is 0.422 e. The predicted molar refractivity (Wildman–Crippen MR) is 77.3 cm³/mol. The largest absolute Gasteiger partial charge is 0.481 e. The van der Waals surface area contributed by atoms with Crippen LogP contribution >= 0.6 is 0 Å². The lowest BCUT2D eigenvalue weighted by molar-refractivity contribution is -0.153. The molecule has 23 heavy (non-hydrogen) atoms. The number of benzene rings is 2. The van der Waals surface area contributed by atoms with Crippen LogP contribution in [0.2, 0.25) is 0 Å². The average Bonchev–Trinajstić information content (AvgIpc) is 2.49. The summed E-state index contributed by atoms with van der Waals surface area (Å²) in [6.07, 6.45) is -2.77. The van der Waals surface area contributed by atoms with Crippen LogP contribution < -0.4 is 4.74 Å². The molecule has 0 spiro atoms. The summed E-state index contributed by atoms with van der Waals surface area (Å²) >= 11 is 0. The molecule has 2 aromatic rings. The predicted octanol–water partition coefficient (Wildman–Crippen LogP) is 5.53. The fourth-order valence-corrected chi connectivity index (χ4v) is 2.17. The zero-order valence-electron chi connectivity index (χ0n) is 12.4. The van der Waals surface area contributed by atoms with Crippen molar-refractivity contribution in [1.29, 1.82) is 0 Å². The maximum atomic E-state index is 14.1. The molecule has 0 N–H and O–H groups in total. The minimum Gasteiger partial charge on any atom is -0.481 e. The molecule has 124 valence electrons. The molecule has 0 saturated heterocycles. The summed E-state index contributed by atoms with van der Waals surface area (Å²) in [6, 6.07) is 9.13. The van der Waals surface area contributed by atoms with E-state index in [1.807, 2.05) is 19.1 Å². The molecular formula is C17H15F5O. The molecule has 0 aromatic heterocycles. The van der Waals surface area contributed by atoms with Gasteiger partial charge in [0.1, 0.15) is 0 Å². The molecule has 0 bridgehead atoms. The molecule has 0 atom stereocenters. The SMILES string of the molecule is CCCc1ccc(-c2ccc(OCC(F)(F)F)c(F)c2F)cc1. The van der Waals surface area contributed by atoms with E-state index in [4.69, 9.17) is 0 Å². The molecule has 0 aliphatic carbocycles. The molecule has 0 aliphatic rings. The van der Waals surface area contributed by atoms with Gasteiger partial charge in [-0.1, -0.05) is 37.6 Å². The van der Waals surface area contributed by atoms with Gasteiger partial charge in [-0.05, 0) is 29.7 Å². The summed E-state index contributed by atoms with van der Waals surface area (Å²) in [5, 5.41) is 0. The van der Waals surface area contributed by atoms with Gasteiger partial charge in [-0.3, -0.25) is 0 Å². The maximum absolute atomic E-state index is 14.1. The van der Waals surface area contributed by atoms with Crippen molar-refractivity contribution >= 4 is 0 Å². The summed E-state index contributed by atoms with van der Waals surface area (Å²) < 4.78 is 68.5. The Kier molecular flexibility index (Phi) is 5.23. The van der Waals surface area contributed by atoms with Crippen LogP contribution in [0.5, 0.6) is 5.75 Å². The van der Waals surface area contributed by atoms with Crippen LogP contribution in [0.25, 0.3) is 11.1 Å². The van der Waals surface area contributed by atoms with Crippen LogP contribution in [-0.2, 0) is 6.42 Å². The number of ether oxygens (including phenoxy) is 1. The fourth-order valence-electron chi connectivity index (χ4n) is 2.17. The number of aryl methyl sites for hydroxylation is 1. The first-order chi connectivity index (χ1) is 10.8. The topological polar surface area (TPSA) is 9.23 Å². The first-order valence-corrected chi connectivity index (χ1v) is 7.08. The summed E-state index contributed by atoms with van der Waals surface area (Å²) in [5.74, 6) is -3.41. The molecule has 0 radical (unpaired) electrons. The monoisotopic (exact) mass is 330 g/mol. The van der Waals surface area contributed by atoms with Gasteiger partial charge in [0.25, 0.3) is 0 Å². The highest BCUT2D eigenvalue weighted by molar-refractivity contribution is 5.65. The van der Waals surface area contributed by atoms with Crippen LogP contribution in [-0.4, -0.2) is 12.8 Å². The van der Waals surface area contributed by atoms with Crippen molar-refractivity contribution in [3.05, 3.63) is 53.6 Å². The quantitative estimate of drug-likeness (QED) is 0.655. The third-order valence-corrected chi connectivity index (χ3v) is 3.24. The second-order valence-electron chi connectivity index (χ2n) is 5.09. The van der Waals surface area contributed by atoms with Gasteiger partial charge in [0, 0.05) is 5.56 Å². The molecule has 0 aliphatic heterocycles. The highest BCUT2D eigenvalue weighted by atomic mass is 19.4. The number of hydrogen-bond acceptors (Lipinski definition) is 1. The van der Waals surface area contributed by atoms with Crippen LogP contribution in [0.1, 0.15) is 18.9 Å². The van der Waals surface area contributed by atoms with E-state index >= 15 is 0 Å². The van der Waals surface area contributed by atoms with Gasteiger partial charge >= 0.3 is 6.18 Å². The van der Waals surface area contributed by atoms with Crippen LogP contribution in [0, 0.1) is 11.6 Å². The van der Waals surface area contributed by atoms with Gasteiger partial charge in [-0.2, -0.15) is 17.6 Å². The van der Waals surface area contributed by atoms with Gasteiger partial charge in [-0.15, -0.1) is 0 Å². The second kappa shape index (κ2) is 6.98. The third-order valence-electron chi connectivity index (χ3n) is 3.24. The Bertz CT molecular complexity index is 662. The lowest BCUT2D eigenvalue weighted by Gasteiger charge is -2.12. The van der Waals surface area contributed by atoms with Crippen molar-refractivity contribution in [2.24, 2.45) is 0 Å². The Hall–Kier alpha value is -2.11. The number of halogens is 5. The van der Waals surface area contributed by atoms with Gasteiger partial charge in [0.15, 0.2) is 18.2 Å². The molecular weight excluding hydrogens is 315 g/mol. The normalized spacial score (nSPS) is 11.6. The summed E-state index contributed by atoms with van der Waals surface area (Å²) in [7, 11) is 0. The summed E-state index contributed by atoms with van der Waals surface area (Å²) in [6.45, 7) is 0.358. The van der Waals surface area contributed by atoms with E-state index in [1.165, 1.54) is 6.07 Å². The highest BCUT2D eigenvalue weighted by Gasteiger charge is 2.29. The van der Waals surface area contributed by atoms with Gasteiger partial charge < -0.3 is 4.74 Å². The van der Waals surface area contributed by atoms with E-state index in [2.05, 4.69) is 4.74 Å². The molecule has 0 fully saturated rings. The van der Waals surface area contributed by atoms with Gasteiger partial charge in [0.2, 0.25) is 5.82 Å². The van der Waals surface area contributed by atoms with Crippen molar-refractivity contribution < 1.29 is 26.7 Å². The minimum atomic E-state index is -4.61. The first-order valence-electron chi connectivity index (χ1n) is 7.08. The molecule has 0 heterocycles. The second-order valence-corrected chi connectivity index (χ2v) is 5.09. The zero-order chi connectivity index (χ0) is 17.0. The fraction of sp³-hybridized carbons (Fsp3) is 0.294. The zero-order valence-corrected chi connectivity index (χ0v) is 12.4. The number of alkyl halides is 3. The molecule has 2 rings (SSSR count). The molecule has 0 amide bonds.